The lowest BCUT2D eigenvalue weighted by Gasteiger charge is -2.30. The number of carbonyl (C=O) groups excluding carboxylic acids is 1. The van der Waals surface area contributed by atoms with Crippen LogP contribution >= 0.6 is 0 Å². The highest BCUT2D eigenvalue weighted by Crippen LogP contribution is 2.54. The van der Waals surface area contributed by atoms with E-state index in [2.05, 4.69) is 24.0 Å². The van der Waals surface area contributed by atoms with E-state index in [0.29, 0.717) is 43.1 Å². The van der Waals surface area contributed by atoms with E-state index in [0.717, 1.165) is 31.6 Å². The van der Waals surface area contributed by atoms with Crippen LogP contribution in [0.1, 0.15) is 30.7 Å². The Labute approximate surface area is 176 Å². The first-order valence-corrected chi connectivity index (χ1v) is 10.4. The first kappa shape index (κ1) is 22.4. The lowest BCUT2D eigenvalue weighted by atomic mass is 9.73. The molecule has 166 valence electrons. The topological polar surface area (TPSA) is 105 Å². The van der Waals surface area contributed by atoms with Crippen LogP contribution in [-0.2, 0) is 20.9 Å². The second-order valence-electron chi connectivity index (χ2n) is 8.90. The van der Waals surface area contributed by atoms with E-state index in [1.807, 2.05) is 24.8 Å². The van der Waals surface area contributed by atoms with Crippen LogP contribution in [0.4, 0.5) is 0 Å². The molecule has 0 unspecified atom stereocenters. The number of rotatable bonds is 5. The van der Waals surface area contributed by atoms with E-state index in [9.17, 15) is 9.59 Å². The molecule has 3 fully saturated rings. The van der Waals surface area contributed by atoms with Crippen molar-refractivity contribution in [3.05, 3.63) is 27.9 Å². The summed E-state index contributed by atoms with van der Waals surface area (Å²) in [5.74, 6) is 1.06. The first-order valence-electron chi connectivity index (χ1n) is 10.4. The number of hydrogen-bond acceptors (Lipinski definition) is 6. The van der Waals surface area contributed by atoms with Gasteiger partial charge in [-0.3, -0.25) is 14.2 Å². The molecule has 1 spiro atoms. The van der Waals surface area contributed by atoms with E-state index in [4.69, 9.17) is 14.6 Å². The average molecular weight is 421 g/mol. The van der Waals surface area contributed by atoms with Crippen molar-refractivity contribution in [3.8, 4) is 0 Å². The van der Waals surface area contributed by atoms with E-state index in [1.54, 1.807) is 4.57 Å². The van der Waals surface area contributed by atoms with Crippen LogP contribution in [-0.4, -0.2) is 82.3 Å². The zero-order valence-corrected chi connectivity index (χ0v) is 18.2. The molecule has 2 bridgehead atoms. The number of carbonyl (C=O) groups is 2. The Hall–Kier alpha value is -2.26. The van der Waals surface area contributed by atoms with Gasteiger partial charge in [-0.1, -0.05) is 0 Å². The Balaban J connectivity index is 0.000000806. The van der Waals surface area contributed by atoms with Crippen molar-refractivity contribution in [1.29, 1.82) is 0 Å². The third-order valence-electron chi connectivity index (χ3n) is 6.61. The molecule has 0 saturated carbocycles. The van der Waals surface area contributed by atoms with Gasteiger partial charge in [-0.2, -0.15) is 4.98 Å². The predicted molar refractivity (Wildman–Crippen MR) is 110 cm³/mol. The Morgan fingerprint density at radius 2 is 2.13 bits per heavy atom. The van der Waals surface area contributed by atoms with Gasteiger partial charge in [0, 0.05) is 49.3 Å². The molecule has 9 nitrogen and oxygen atoms in total. The van der Waals surface area contributed by atoms with Crippen molar-refractivity contribution in [2.45, 2.75) is 51.4 Å². The van der Waals surface area contributed by atoms with E-state index < -0.39 is 0 Å². The van der Waals surface area contributed by atoms with Crippen molar-refractivity contribution in [2.24, 2.45) is 11.8 Å². The lowest BCUT2D eigenvalue weighted by molar-refractivity contribution is -0.132. The van der Waals surface area contributed by atoms with Crippen molar-refractivity contribution < 1.29 is 19.4 Å². The van der Waals surface area contributed by atoms with Crippen LogP contribution in [0.5, 0.6) is 0 Å². The summed E-state index contributed by atoms with van der Waals surface area (Å²) in [6.07, 6.45) is 2.86. The van der Waals surface area contributed by atoms with E-state index >= 15 is 0 Å². The number of likely N-dealkylation sites (tertiary alicyclic amines) is 1. The molecule has 1 aromatic rings. The van der Waals surface area contributed by atoms with Gasteiger partial charge < -0.3 is 19.6 Å². The molecule has 3 aliphatic heterocycles. The smallest absolute Gasteiger partial charge is 0.347 e. The highest BCUT2D eigenvalue weighted by atomic mass is 16.5. The summed E-state index contributed by atoms with van der Waals surface area (Å²) < 4.78 is 8.00. The number of carboxylic acid groups (broad SMARTS) is 1. The standard InChI is InChI=1S/C20H30N4O3.CH2O2/c1-13-9-14(2)24(19(26)21-13)8-6-18(25)23-11-16-15(10-22(3)4)17-5-7-20(16,12-23)27-17;2-1-3/h9,15-17H,5-8,10-12H2,1-4H3;1H,(H,2,3)/t15-,16+,17+,20+;/m1./s1. The number of ether oxygens (including phenoxy) is 1. The molecule has 1 amide bonds. The van der Waals surface area contributed by atoms with Gasteiger partial charge in [-0.25, -0.2) is 4.79 Å². The Bertz CT molecular complexity index is 854. The van der Waals surface area contributed by atoms with Gasteiger partial charge in [0.25, 0.3) is 6.47 Å². The van der Waals surface area contributed by atoms with Crippen molar-refractivity contribution >= 4 is 12.4 Å². The molecule has 4 rings (SSSR count). The second-order valence-corrected chi connectivity index (χ2v) is 8.90. The zero-order valence-electron chi connectivity index (χ0n) is 18.2. The monoisotopic (exact) mass is 420 g/mol. The summed E-state index contributed by atoms with van der Waals surface area (Å²) in [5.41, 5.74) is 1.17. The molecule has 1 aromatic heterocycles. The molecule has 9 heteroatoms. The van der Waals surface area contributed by atoms with Gasteiger partial charge >= 0.3 is 5.69 Å². The minimum Gasteiger partial charge on any atom is -0.483 e. The fourth-order valence-electron chi connectivity index (χ4n) is 5.46. The Kier molecular flexibility index (Phi) is 6.62. The highest BCUT2D eigenvalue weighted by Gasteiger charge is 2.63. The fourth-order valence-corrected chi connectivity index (χ4v) is 5.46. The summed E-state index contributed by atoms with van der Waals surface area (Å²) in [7, 11) is 4.21. The van der Waals surface area contributed by atoms with Crippen LogP contribution in [0.2, 0.25) is 0 Å². The molecule has 4 atom stereocenters. The molecule has 0 radical (unpaired) electrons. The quantitative estimate of drug-likeness (QED) is 0.693. The second kappa shape index (κ2) is 8.85. The maximum atomic E-state index is 12.9. The lowest BCUT2D eigenvalue weighted by Crippen LogP contribution is -2.40. The molecular formula is C21H32N4O5. The third kappa shape index (κ3) is 4.27. The van der Waals surface area contributed by atoms with Gasteiger partial charge in [0.1, 0.15) is 0 Å². The van der Waals surface area contributed by atoms with Gasteiger partial charge in [0.15, 0.2) is 0 Å². The maximum absolute atomic E-state index is 12.9. The third-order valence-corrected chi connectivity index (χ3v) is 6.61. The Morgan fingerprint density at radius 3 is 2.77 bits per heavy atom. The van der Waals surface area contributed by atoms with Gasteiger partial charge in [-0.15, -0.1) is 0 Å². The van der Waals surface area contributed by atoms with Gasteiger partial charge in [-0.05, 0) is 46.9 Å². The normalized spacial score (nSPS) is 29.0. The highest BCUT2D eigenvalue weighted by molar-refractivity contribution is 5.76. The average Bonchev–Trinajstić information content (AvgIpc) is 3.30. The van der Waals surface area contributed by atoms with Crippen molar-refractivity contribution in [3.63, 3.8) is 0 Å². The molecule has 30 heavy (non-hydrogen) atoms. The fraction of sp³-hybridized carbons (Fsp3) is 0.714. The number of hydrogen-bond donors (Lipinski definition) is 1. The van der Waals surface area contributed by atoms with Crippen molar-refractivity contribution in [1.82, 2.24) is 19.4 Å². The van der Waals surface area contributed by atoms with Crippen LogP contribution in [0.15, 0.2) is 10.9 Å². The number of aromatic nitrogens is 2. The van der Waals surface area contributed by atoms with Crippen LogP contribution in [0.3, 0.4) is 0 Å². The summed E-state index contributed by atoms with van der Waals surface area (Å²) in [5, 5.41) is 6.89. The largest absolute Gasteiger partial charge is 0.483 e. The van der Waals surface area contributed by atoms with Crippen LogP contribution in [0, 0.1) is 25.7 Å². The number of amides is 1. The molecule has 3 aliphatic rings. The molecule has 4 heterocycles. The number of fused-ring (bicyclic) bond motifs is 1. The predicted octanol–water partition coefficient (Wildman–Crippen LogP) is 0.519. The van der Waals surface area contributed by atoms with E-state index in [-0.39, 0.29) is 23.7 Å². The number of aryl methyl sites for hydroxylation is 2. The van der Waals surface area contributed by atoms with Gasteiger partial charge in [0.05, 0.1) is 18.2 Å². The SMILES string of the molecule is Cc1cc(C)n(CCC(=O)N2C[C@H]3[C@@H](CN(C)C)[C@@H]4CC[C@@]3(C2)O4)c(=O)n1.O=CO. The zero-order chi connectivity index (χ0) is 22.1. The molecule has 3 saturated heterocycles. The van der Waals surface area contributed by atoms with Gasteiger partial charge in [0.2, 0.25) is 5.91 Å². The van der Waals surface area contributed by atoms with Crippen LogP contribution in [0.25, 0.3) is 0 Å². The molecule has 0 aliphatic carbocycles. The Morgan fingerprint density at radius 1 is 1.43 bits per heavy atom. The molecular weight excluding hydrogens is 388 g/mol. The summed E-state index contributed by atoms with van der Waals surface area (Å²) in [6.45, 7) is 6.34. The van der Waals surface area contributed by atoms with Crippen molar-refractivity contribution in [2.75, 3.05) is 33.7 Å². The minimum atomic E-state index is -0.273. The summed E-state index contributed by atoms with van der Waals surface area (Å²) in [6, 6.07) is 1.88. The minimum absolute atomic E-state index is 0.112. The molecule has 1 N–H and O–H groups in total. The van der Waals surface area contributed by atoms with Crippen LogP contribution < -0.4 is 5.69 Å². The summed E-state index contributed by atoms with van der Waals surface area (Å²) in [4.78, 5) is 41.5. The first-order chi connectivity index (χ1) is 14.2. The van der Waals surface area contributed by atoms with E-state index in [1.165, 1.54) is 0 Å². The summed E-state index contributed by atoms with van der Waals surface area (Å²) >= 11 is 0. The number of nitrogens with zero attached hydrogens (tertiary/aromatic N) is 4. The maximum Gasteiger partial charge on any atom is 0.347 e. The molecule has 0 aromatic carbocycles.